The van der Waals surface area contributed by atoms with E-state index in [0.29, 0.717) is 29.6 Å². The number of fused-ring (bicyclic) bond motifs is 1. The predicted octanol–water partition coefficient (Wildman–Crippen LogP) is 2.28. The molecular formula is C19H18N4O3. The molecule has 2 heterocycles. The smallest absolute Gasteiger partial charge is 0.280 e. The molecule has 7 heteroatoms. The number of hydrogen-bond donors (Lipinski definition) is 2. The van der Waals surface area contributed by atoms with Gasteiger partial charge >= 0.3 is 0 Å². The van der Waals surface area contributed by atoms with Crippen molar-refractivity contribution in [1.82, 2.24) is 15.0 Å². The summed E-state index contributed by atoms with van der Waals surface area (Å²) >= 11 is 0. The van der Waals surface area contributed by atoms with Crippen molar-refractivity contribution in [3.05, 3.63) is 70.3 Å². The van der Waals surface area contributed by atoms with Crippen LogP contribution in [0.5, 0.6) is 5.75 Å². The molecule has 0 aliphatic carbocycles. The fraction of sp³-hybridized carbons (Fsp3) is 0.158. The summed E-state index contributed by atoms with van der Waals surface area (Å²) in [5, 5.41) is 14.7. The van der Waals surface area contributed by atoms with Crippen LogP contribution >= 0.6 is 0 Å². The zero-order chi connectivity index (χ0) is 18.5. The Morgan fingerprint density at radius 2 is 2.04 bits per heavy atom. The highest BCUT2D eigenvalue weighted by atomic mass is 16.3. The van der Waals surface area contributed by atoms with Crippen LogP contribution in [-0.2, 0) is 6.54 Å². The Morgan fingerprint density at radius 1 is 1.27 bits per heavy atom. The quantitative estimate of drug-likeness (QED) is 0.545. The van der Waals surface area contributed by atoms with Crippen molar-refractivity contribution in [2.75, 3.05) is 0 Å². The van der Waals surface area contributed by atoms with Gasteiger partial charge in [-0.1, -0.05) is 25.1 Å². The number of benzene rings is 1. The van der Waals surface area contributed by atoms with Crippen molar-refractivity contribution in [2.24, 2.45) is 5.10 Å². The fourth-order valence-corrected chi connectivity index (χ4v) is 2.71. The minimum atomic E-state index is -0.768. The van der Waals surface area contributed by atoms with E-state index < -0.39 is 11.5 Å². The van der Waals surface area contributed by atoms with Crippen LogP contribution in [0.25, 0.3) is 10.9 Å². The highest BCUT2D eigenvalue weighted by molar-refractivity contribution is 6.02. The van der Waals surface area contributed by atoms with Crippen LogP contribution in [0.4, 0.5) is 0 Å². The Bertz CT molecular complexity index is 1030. The highest BCUT2D eigenvalue weighted by Crippen LogP contribution is 2.26. The van der Waals surface area contributed by atoms with Gasteiger partial charge in [0, 0.05) is 18.1 Å². The Labute approximate surface area is 149 Å². The van der Waals surface area contributed by atoms with E-state index in [2.05, 4.69) is 15.5 Å². The van der Waals surface area contributed by atoms with Crippen molar-refractivity contribution in [3.63, 3.8) is 0 Å². The zero-order valence-electron chi connectivity index (χ0n) is 14.2. The van der Waals surface area contributed by atoms with Crippen molar-refractivity contribution >= 4 is 23.0 Å². The molecule has 1 aromatic carbocycles. The molecule has 0 unspecified atom stereocenters. The largest absolute Gasteiger partial charge is 0.506 e. The molecular weight excluding hydrogens is 332 g/mol. The van der Waals surface area contributed by atoms with Crippen LogP contribution in [0.15, 0.2) is 58.6 Å². The number of hydrogen-bond acceptors (Lipinski definition) is 5. The number of aryl methyl sites for hydroxylation is 1. The standard InChI is InChI=1S/C19H18N4O3/c1-2-11-23-15-9-4-3-8-14(15)17(24)16(19(23)26)18(25)22-21-12-13-7-5-6-10-20-13/h3-10,12,24H,2,11H2,1H3,(H,22,25)/b21-12+. The fourth-order valence-electron chi connectivity index (χ4n) is 2.71. The van der Waals surface area contributed by atoms with Crippen LogP contribution in [0.3, 0.4) is 0 Å². The van der Waals surface area contributed by atoms with E-state index in [9.17, 15) is 14.7 Å². The maximum absolute atomic E-state index is 12.7. The topological polar surface area (TPSA) is 96.6 Å². The average Bonchev–Trinajstić information content (AvgIpc) is 2.66. The molecule has 0 fully saturated rings. The maximum Gasteiger partial charge on any atom is 0.280 e. The maximum atomic E-state index is 12.7. The predicted molar refractivity (Wildman–Crippen MR) is 99.5 cm³/mol. The number of rotatable bonds is 5. The van der Waals surface area contributed by atoms with Crippen LogP contribution < -0.4 is 11.0 Å². The van der Waals surface area contributed by atoms with Crippen molar-refractivity contribution in [3.8, 4) is 5.75 Å². The molecule has 1 amide bonds. The Kier molecular flexibility index (Phi) is 5.07. The van der Waals surface area contributed by atoms with Crippen LogP contribution in [0.1, 0.15) is 29.4 Å². The third-order valence-electron chi connectivity index (χ3n) is 3.87. The lowest BCUT2D eigenvalue weighted by atomic mass is 10.1. The van der Waals surface area contributed by atoms with E-state index in [1.54, 1.807) is 48.7 Å². The minimum absolute atomic E-state index is 0.324. The number of para-hydroxylation sites is 1. The lowest BCUT2D eigenvalue weighted by molar-refractivity contribution is 0.0950. The lowest BCUT2D eigenvalue weighted by Crippen LogP contribution is -2.31. The lowest BCUT2D eigenvalue weighted by Gasteiger charge is -2.13. The van der Waals surface area contributed by atoms with Gasteiger partial charge < -0.3 is 9.67 Å². The first-order valence-electron chi connectivity index (χ1n) is 8.22. The second kappa shape index (κ2) is 7.60. The Balaban J connectivity index is 2.00. The third-order valence-corrected chi connectivity index (χ3v) is 3.87. The number of aromatic nitrogens is 2. The summed E-state index contributed by atoms with van der Waals surface area (Å²) in [7, 11) is 0. The summed E-state index contributed by atoms with van der Waals surface area (Å²) in [4.78, 5) is 29.3. The molecule has 132 valence electrons. The number of carbonyl (C=O) groups excluding carboxylic acids is 1. The summed E-state index contributed by atoms with van der Waals surface area (Å²) in [5.74, 6) is -1.11. The second-order valence-corrected chi connectivity index (χ2v) is 5.65. The van der Waals surface area contributed by atoms with Crippen molar-refractivity contribution in [2.45, 2.75) is 19.9 Å². The van der Waals surface area contributed by atoms with Gasteiger partial charge in [-0.05, 0) is 30.7 Å². The molecule has 0 spiro atoms. The number of aromatic hydroxyl groups is 1. The molecule has 0 aliphatic heterocycles. The molecule has 0 atom stereocenters. The Morgan fingerprint density at radius 3 is 2.77 bits per heavy atom. The van der Waals surface area contributed by atoms with Gasteiger partial charge in [-0.15, -0.1) is 0 Å². The molecule has 2 N–H and O–H groups in total. The van der Waals surface area contributed by atoms with Crippen LogP contribution in [0, 0.1) is 0 Å². The van der Waals surface area contributed by atoms with E-state index in [0.717, 1.165) is 0 Å². The summed E-state index contributed by atoms with van der Waals surface area (Å²) in [5.41, 5.74) is 2.55. The van der Waals surface area contributed by atoms with E-state index in [1.807, 2.05) is 6.92 Å². The first-order chi connectivity index (χ1) is 12.6. The number of carbonyl (C=O) groups is 1. The molecule has 3 aromatic rings. The van der Waals surface area contributed by atoms with Gasteiger partial charge in [0.25, 0.3) is 11.5 Å². The number of amides is 1. The highest BCUT2D eigenvalue weighted by Gasteiger charge is 2.21. The second-order valence-electron chi connectivity index (χ2n) is 5.65. The van der Waals surface area contributed by atoms with Crippen molar-refractivity contribution < 1.29 is 9.90 Å². The van der Waals surface area contributed by atoms with Gasteiger partial charge in [0.15, 0.2) is 0 Å². The van der Waals surface area contributed by atoms with Crippen LogP contribution in [0.2, 0.25) is 0 Å². The number of hydrazone groups is 1. The molecule has 0 bridgehead atoms. The molecule has 0 saturated carbocycles. The average molecular weight is 350 g/mol. The summed E-state index contributed by atoms with van der Waals surface area (Å²) in [6.07, 6.45) is 3.68. The third kappa shape index (κ3) is 3.32. The van der Waals surface area contributed by atoms with Gasteiger partial charge in [-0.25, -0.2) is 5.43 Å². The molecule has 0 aliphatic rings. The van der Waals surface area contributed by atoms with Gasteiger partial charge in [-0.2, -0.15) is 5.10 Å². The van der Waals surface area contributed by atoms with Crippen LogP contribution in [-0.4, -0.2) is 26.8 Å². The first-order valence-corrected chi connectivity index (χ1v) is 8.22. The van der Waals surface area contributed by atoms with E-state index in [4.69, 9.17) is 0 Å². The van der Waals surface area contributed by atoms with E-state index in [-0.39, 0.29) is 11.3 Å². The molecule has 26 heavy (non-hydrogen) atoms. The summed E-state index contributed by atoms with van der Waals surface area (Å²) in [6.45, 7) is 2.38. The summed E-state index contributed by atoms with van der Waals surface area (Å²) in [6, 6.07) is 12.2. The first kappa shape index (κ1) is 17.3. The number of nitrogens with one attached hydrogen (secondary N) is 1. The van der Waals surface area contributed by atoms with Gasteiger partial charge in [0.1, 0.15) is 11.3 Å². The van der Waals surface area contributed by atoms with E-state index >= 15 is 0 Å². The SMILES string of the molecule is CCCn1c(=O)c(C(=O)N/N=C/c2ccccn2)c(O)c2ccccc21. The molecule has 0 radical (unpaired) electrons. The van der Waals surface area contributed by atoms with Gasteiger partial charge in [0.05, 0.1) is 17.4 Å². The summed E-state index contributed by atoms with van der Waals surface area (Å²) < 4.78 is 1.49. The number of nitrogens with zero attached hydrogens (tertiary/aromatic N) is 3. The van der Waals surface area contributed by atoms with Crippen molar-refractivity contribution in [1.29, 1.82) is 0 Å². The van der Waals surface area contributed by atoms with Gasteiger partial charge in [-0.3, -0.25) is 14.6 Å². The molecule has 0 saturated heterocycles. The van der Waals surface area contributed by atoms with E-state index in [1.165, 1.54) is 10.8 Å². The van der Waals surface area contributed by atoms with Gasteiger partial charge in [0.2, 0.25) is 0 Å². The molecule has 7 nitrogen and oxygen atoms in total. The zero-order valence-corrected chi connectivity index (χ0v) is 14.2. The minimum Gasteiger partial charge on any atom is -0.506 e. The molecule has 3 rings (SSSR count). The monoisotopic (exact) mass is 350 g/mol. The Hall–Kier alpha value is -3.48. The number of pyridine rings is 2. The normalized spacial score (nSPS) is 11.1. The molecule has 2 aromatic heterocycles.